The Morgan fingerprint density at radius 3 is 2.31 bits per heavy atom. The molecule has 5 nitrogen and oxygen atoms in total. The van der Waals surface area contributed by atoms with Crippen LogP contribution in [0.5, 0.6) is 5.75 Å². The summed E-state index contributed by atoms with van der Waals surface area (Å²) in [4.78, 5) is 24.6. The zero-order valence-corrected chi connectivity index (χ0v) is 16.6. The van der Waals surface area contributed by atoms with Crippen molar-refractivity contribution in [3.8, 4) is 5.75 Å². The zero-order chi connectivity index (χ0) is 21.8. The van der Waals surface area contributed by atoms with E-state index in [0.29, 0.717) is 16.8 Å². The smallest absolute Gasteiger partial charge is 0.416 e. The Balaban J connectivity index is 2.12. The van der Waals surface area contributed by atoms with Crippen LogP contribution in [0.1, 0.15) is 42.3 Å². The van der Waals surface area contributed by atoms with Crippen LogP contribution < -0.4 is 15.4 Å². The first-order chi connectivity index (χ1) is 13.4. The molecule has 0 spiro atoms. The van der Waals surface area contributed by atoms with E-state index in [1.165, 1.54) is 19.2 Å². The summed E-state index contributed by atoms with van der Waals surface area (Å²) in [6.07, 6.45) is -4.68. The van der Waals surface area contributed by atoms with Crippen LogP contribution in [-0.2, 0) is 17.4 Å². The average Bonchev–Trinajstić information content (AvgIpc) is 2.59. The van der Waals surface area contributed by atoms with E-state index in [1.807, 2.05) is 20.8 Å². The molecule has 29 heavy (non-hydrogen) atoms. The van der Waals surface area contributed by atoms with E-state index in [1.54, 1.807) is 18.2 Å². The summed E-state index contributed by atoms with van der Waals surface area (Å²) in [6, 6.07) is 9.39. The molecule has 0 aliphatic heterocycles. The summed E-state index contributed by atoms with van der Waals surface area (Å²) in [6.45, 7) is 5.57. The van der Waals surface area contributed by atoms with Gasteiger partial charge in [-0.1, -0.05) is 12.1 Å². The van der Waals surface area contributed by atoms with Gasteiger partial charge in [-0.05, 0) is 51.1 Å². The lowest BCUT2D eigenvalue weighted by Crippen LogP contribution is -2.40. The highest BCUT2D eigenvalue weighted by Gasteiger charge is 2.31. The maximum Gasteiger partial charge on any atom is 0.416 e. The van der Waals surface area contributed by atoms with Crippen LogP contribution in [0.2, 0.25) is 0 Å². The van der Waals surface area contributed by atoms with Crippen molar-refractivity contribution in [2.75, 3.05) is 12.4 Å². The summed E-state index contributed by atoms with van der Waals surface area (Å²) < 4.78 is 43.5. The predicted octanol–water partition coefficient (Wildman–Crippen LogP) is 4.42. The summed E-state index contributed by atoms with van der Waals surface area (Å²) in [5.41, 5.74) is -0.155. The third-order valence-electron chi connectivity index (χ3n) is 3.86. The Morgan fingerprint density at radius 2 is 1.72 bits per heavy atom. The average molecular weight is 408 g/mol. The van der Waals surface area contributed by atoms with E-state index in [4.69, 9.17) is 4.74 Å². The van der Waals surface area contributed by atoms with Gasteiger partial charge in [0.05, 0.1) is 19.1 Å². The molecule has 2 aromatic carbocycles. The van der Waals surface area contributed by atoms with Crippen molar-refractivity contribution in [1.29, 1.82) is 0 Å². The number of hydrogen-bond donors (Lipinski definition) is 2. The number of anilines is 1. The number of benzene rings is 2. The van der Waals surface area contributed by atoms with Gasteiger partial charge in [-0.25, -0.2) is 0 Å². The summed E-state index contributed by atoms with van der Waals surface area (Å²) in [7, 11) is 1.24. The molecule has 0 atom stereocenters. The fourth-order valence-corrected chi connectivity index (χ4v) is 2.60. The first kappa shape index (κ1) is 22.3. The lowest BCUT2D eigenvalue weighted by molar-refractivity contribution is -0.137. The Morgan fingerprint density at radius 1 is 1.03 bits per heavy atom. The van der Waals surface area contributed by atoms with E-state index >= 15 is 0 Å². The number of carbonyl (C=O) groups is 2. The minimum absolute atomic E-state index is 0.0201. The maximum atomic E-state index is 12.8. The fraction of sp³-hybridized carbons (Fsp3) is 0.333. The Bertz CT molecular complexity index is 903. The molecule has 2 aromatic rings. The van der Waals surface area contributed by atoms with Crippen LogP contribution >= 0.6 is 0 Å². The minimum atomic E-state index is -4.50. The van der Waals surface area contributed by atoms with Crippen LogP contribution in [0, 0.1) is 0 Å². The van der Waals surface area contributed by atoms with Crippen molar-refractivity contribution in [2.24, 2.45) is 0 Å². The number of carbonyl (C=O) groups excluding carboxylic acids is 2. The van der Waals surface area contributed by atoms with Crippen LogP contribution in [-0.4, -0.2) is 24.5 Å². The molecular formula is C21H23F3N2O3. The van der Waals surface area contributed by atoms with Gasteiger partial charge in [0.1, 0.15) is 5.75 Å². The van der Waals surface area contributed by atoms with E-state index in [0.717, 1.165) is 12.1 Å². The van der Waals surface area contributed by atoms with Gasteiger partial charge < -0.3 is 15.4 Å². The van der Waals surface area contributed by atoms with Gasteiger partial charge in [0, 0.05) is 22.4 Å². The number of nitrogens with one attached hydrogen (secondary N) is 2. The quantitative estimate of drug-likeness (QED) is 0.770. The summed E-state index contributed by atoms with van der Waals surface area (Å²) in [5.74, 6) is -0.747. The van der Waals surface area contributed by atoms with Crippen molar-refractivity contribution < 1.29 is 27.5 Å². The summed E-state index contributed by atoms with van der Waals surface area (Å²) in [5, 5.41) is 5.48. The van der Waals surface area contributed by atoms with Gasteiger partial charge in [0.2, 0.25) is 5.91 Å². The topological polar surface area (TPSA) is 67.4 Å². The standard InChI is InChI=1S/C21H23F3N2O3/c1-20(2,3)26-19(28)14-6-5-7-16(10-14)25-18(27)11-13-8-9-15(21(22,23)24)12-17(13)29-4/h5-10,12H,11H2,1-4H3,(H,25,27)(H,26,28). The molecule has 156 valence electrons. The van der Waals surface area contributed by atoms with E-state index in [2.05, 4.69) is 10.6 Å². The number of ether oxygens (including phenoxy) is 1. The molecule has 0 aliphatic carbocycles. The number of halogens is 3. The molecular weight excluding hydrogens is 385 g/mol. The van der Waals surface area contributed by atoms with Gasteiger partial charge in [-0.3, -0.25) is 9.59 Å². The maximum absolute atomic E-state index is 12.8. The second-order valence-electron chi connectivity index (χ2n) is 7.53. The third-order valence-corrected chi connectivity index (χ3v) is 3.86. The highest BCUT2D eigenvalue weighted by atomic mass is 19.4. The first-order valence-electron chi connectivity index (χ1n) is 8.85. The molecule has 0 saturated carbocycles. The molecule has 0 aromatic heterocycles. The monoisotopic (exact) mass is 408 g/mol. The minimum Gasteiger partial charge on any atom is -0.496 e. The third kappa shape index (κ3) is 6.51. The number of methoxy groups -OCH3 is 1. The highest BCUT2D eigenvalue weighted by Crippen LogP contribution is 2.33. The molecule has 2 amide bonds. The Hall–Kier alpha value is -3.03. The molecule has 8 heteroatoms. The van der Waals surface area contributed by atoms with Gasteiger partial charge in [-0.2, -0.15) is 13.2 Å². The molecule has 0 radical (unpaired) electrons. The molecule has 2 N–H and O–H groups in total. The fourth-order valence-electron chi connectivity index (χ4n) is 2.60. The molecule has 0 fully saturated rings. The van der Waals surface area contributed by atoms with E-state index in [-0.39, 0.29) is 18.1 Å². The van der Waals surface area contributed by atoms with Gasteiger partial charge in [0.15, 0.2) is 0 Å². The molecule has 0 heterocycles. The molecule has 0 bridgehead atoms. The van der Waals surface area contributed by atoms with Crippen molar-refractivity contribution in [1.82, 2.24) is 5.32 Å². The SMILES string of the molecule is COc1cc(C(F)(F)F)ccc1CC(=O)Nc1cccc(C(=O)NC(C)(C)C)c1. The van der Waals surface area contributed by atoms with Crippen molar-refractivity contribution in [2.45, 2.75) is 38.9 Å². The van der Waals surface area contributed by atoms with Gasteiger partial charge in [-0.15, -0.1) is 0 Å². The lowest BCUT2D eigenvalue weighted by atomic mass is 10.1. The Labute approximate surface area is 167 Å². The molecule has 0 unspecified atom stereocenters. The van der Waals surface area contributed by atoms with Crippen molar-refractivity contribution in [3.63, 3.8) is 0 Å². The number of amides is 2. The molecule has 0 saturated heterocycles. The molecule has 2 rings (SSSR count). The van der Waals surface area contributed by atoms with Crippen LogP contribution in [0.3, 0.4) is 0 Å². The number of rotatable bonds is 5. The van der Waals surface area contributed by atoms with Crippen molar-refractivity contribution >= 4 is 17.5 Å². The van der Waals surface area contributed by atoms with Crippen LogP contribution in [0.4, 0.5) is 18.9 Å². The Kier molecular flexibility index (Phi) is 6.56. The first-order valence-corrected chi connectivity index (χ1v) is 8.85. The second-order valence-corrected chi connectivity index (χ2v) is 7.53. The zero-order valence-electron chi connectivity index (χ0n) is 16.6. The van der Waals surface area contributed by atoms with Crippen LogP contribution in [0.15, 0.2) is 42.5 Å². The normalized spacial score (nSPS) is 11.7. The van der Waals surface area contributed by atoms with Crippen LogP contribution in [0.25, 0.3) is 0 Å². The number of alkyl halides is 3. The second kappa shape index (κ2) is 8.55. The molecule has 0 aliphatic rings. The van der Waals surface area contributed by atoms with E-state index < -0.39 is 23.2 Å². The lowest BCUT2D eigenvalue weighted by Gasteiger charge is -2.20. The van der Waals surface area contributed by atoms with E-state index in [9.17, 15) is 22.8 Å². The number of hydrogen-bond acceptors (Lipinski definition) is 3. The van der Waals surface area contributed by atoms with Crippen molar-refractivity contribution in [3.05, 3.63) is 59.2 Å². The summed E-state index contributed by atoms with van der Waals surface area (Å²) >= 11 is 0. The van der Waals surface area contributed by atoms with Gasteiger partial charge in [0.25, 0.3) is 5.91 Å². The highest BCUT2D eigenvalue weighted by molar-refractivity contribution is 5.98. The predicted molar refractivity (Wildman–Crippen MR) is 104 cm³/mol. The largest absolute Gasteiger partial charge is 0.496 e. The van der Waals surface area contributed by atoms with Gasteiger partial charge >= 0.3 is 6.18 Å².